The number of alkyl halides is 3. The zero-order chi connectivity index (χ0) is 14.8. The molecule has 8 heteroatoms. The quantitative estimate of drug-likeness (QED) is 0.870. The lowest BCUT2D eigenvalue weighted by Crippen LogP contribution is -2.45. The molecule has 0 aliphatic heterocycles. The van der Waals surface area contributed by atoms with Gasteiger partial charge in [-0.25, -0.2) is 0 Å². The molecule has 0 saturated carbocycles. The molecule has 1 N–H and O–H groups in total. The molecule has 0 fully saturated rings. The molecule has 3 nitrogen and oxygen atoms in total. The molecule has 2 atom stereocenters. The highest BCUT2D eigenvalue weighted by molar-refractivity contribution is 7.90. The van der Waals surface area contributed by atoms with Gasteiger partial charge >= 0.3 is 6.18 Å². The highest BCUT2D eigenvalue weighted by Gasteiger charge is 2.46. The van der Waals surface area contributed by atoms with Gasteiger partial charge in [0.1, 0.15) is 4.75 Å². The van der Waals surface area contributed by atoms with Crippen molar-refractivity contribution in [1.29, 1.82) is 0 Å². The van der Waals surface area contributed by atoms with E-state index >= 15 is 0 Å². The number of nitrogens with zero attached hydrogens (tertiary/aromatic N) is 1. The van der Waals surface area contributed by atoms with Crippen LogP contribution in [0.2, 0.25) is 5.02 Å². The summed E-state index contributed by atoms with van der Waals surface area (Å²) in [7, 11) is 0. The Morgan fingerprint density at radius 1 is 1.32 bits per heavy atom. The van der Waals surface area contributed by atoms with E-state index in [9.17, 15) is 17.7 Å². The number of halogens is 4. The van der Waals surface area contributed by atoms with E-state index in [1.165, 1.54) is 6.07 Å². The highest BCUT2D eigenvalue weighted by atomic mass is 35.5. The Kier molecular flexibility index (Phi) is 5.11. The minimum absolute atomic E-state index is 0.238. The maximum absolute atomic E-state index is 13.0. The summed E-state index contributed by atoms with van der Waals surface area (Å²) < 4.78 is 52.0. The normalized spacial score (nSPS) is 16.2. The van der Waals surface area contributed by atoms with Crippen molar-refractivity contribution in [1.82, 2.24) is 9.71 Å². The van der Waals surface area contributed by atoms with Crippen LogP contribution in [0.1, 0.15) is 32.5 Å². The van der Waals surface area contributed by atoms with Crippen molar-refractivity contribution >= 4 is 23.0 Å². The SMILES string of the molecule is CC(C)(C)[S@+]([O-])N[C@H](c1ccc(Cl)cn1)C(F)(F)F. The number of nitrogens with one attached hydrogen (secondary N) is 1. The van der Waals surface area contributed by atoms with Gasteiger partial charge in [0.15, 0.2) is 6.04 Å². The van der Waals surface area contributed by atoms with E-state index in [2.05, 4.69) is 9.71 Å². The maximum Gasteiger partial charge on any atom is 0.413 e. The lowest BCUT2D eigenvalue weighted by Gasteiger charge is -2.28. The Balaban J connectivity index is 3.00. The Morgan fingerprint density at radius 2 is 1.89 bits per heavy atom. The molecule has 1 rings (SSSR count). The molecule has 0 spiro atoms. The van der Waals surface area contributed by atoms with E-state index in [4.69, 9.17) is 11.6 Å². The minimum Gasteiger partial charge on any atom is -0.598 e. The van der Waals surface area contributed by atoms with E-state index < -0.39 is 28.3 Å². The lowest BCUT2D eigenvalue weighted by atomic mass is 10.2. The topological polar surface area (TPSA) is 48.0 Å². The molecule has 1 aromatic rings. The number of rotatable bonds is 3. The van der Waals surface area contributed by atoms with Crippen LogP contribution in [0.15, 0.2) is 18.3 Å². The molecule has 0 aromatic carbocycles. The summed E-state index contributed by atoms with van der Waals surface area (Å²) in [4.78, 5) is 3.63. The van der Waals surface area contributed by atoms with Crippen molar-refractivity contribution < 1.29 is 17.7 Å². The Hall–Kier alpha value is -0.500. The smallest absolute Gasteiger partial charge is 0.413 e. The third kappa shape index (κ3) is 4.83. The van der Waals surface area contributed by atoms with Gasteiger partial charge in [0, 0.05) is 17.6 Å². The van der Waals surface area contributed by atoms with Gasteiger partial charge in [0.05, 0.1) is 10.7 Å². The van der Waals surface area contributed by atoms with Crippen LogP contribution in [-0.4, -0.2) is 20.5 Å². The molecule has 1 heterocycles. The van der Waals surface area contributed by atoms with Crippen molar-refractivity contribution in [2.45, 2.75) is 37.7 Å². The van der Waals surface area contributed by atoms with Crippen LogP contribution < -0.4 is 4.72 Å². The van der Waals surface area contributed by atoms with Gasteiger partial charge in [-0.1, -0.05) is 11.6 Å². The lowest BCUT2D eigenvalue weighted by molar-refractivity contribution is -0.153. The van der Waals surface area contributed by atoms with Crippen LogP contribution in [-0.2, 0) is 11.4 Å². The second-order valence-electron chi connectivity index (χ2n) is 4.87. The van der Waals surface area contributed by atoms with Gasteiger partial charge in [-0.2, -0.15) is 13.2 Å². The summed E-state index contributed by atoms with van der Waals surface area (Å²) in [5, 5.41) is 0.238. The van der Waals surface area contributed by atoms with Crippen molar-refractivity contribution in [2.24, 2.45) is 0 Å². The molecule has 0 amide bonds. The third-order valence-electron chi connectivity index (χ3n) is 2.15. The summed E-state index contributed by atoms with van der Waals surface area (Å²) in [6, 6.07) is 0.377. The molecular weight excluding hydrogens is 301 g/mol. The first-order valence-electron chi connectivity index (χ1n) is 5.38. The molecule has 0 aliphatic carbocycles. The Labute approximate surface area is 117 Å². The summed E-state index contributed by atoms with van der Waals surface area (Å²) in [6.07, 6.45) is -3.47. The summed E-state index contributed by atoms with van der Waals surface area (Å²) in [5.41, 5.74) is -0.269. The first-order chi connectivity index (χ1) is 8.51. The van der Waals surface area contributed by atoms with Crippen molar-refractivity contribution in [3.05, 3.63) is 29.0 Å². The fraction of sp³-hybridized carbons (Fsp3) is 0.545. The van der Waals surface area contributed by atoms with Crippen LogP contribution in [0.3, 0.4) is 0 Å². The van der Waals surface area contributed by atoms with E-state index in [1.54, 1.807) is 20.8 Å². The number of pyridine rings is 1. The molecule has 0 radical (unpaired) electrons. The molecule has 1 aromatic heterocycles. The Morgan fingerprint density at radius 3 is 2.26 bits per heavy atom. The van der Waals surface area contributed by atoms with Crippen molar-refractivity contribution in [3.8, 4) is 0 Å². The van der Waals surface area contributed by atoms with Gasteiger partial charge in [-0.3, -0.25) is 4.98 Å². The first kappa shape index (κ1) is 16.6. The van der Waals surface area contributed by atoms with E-state index in [0.29, 0.717) is 0 Å². The second kappa shape index (κ2) is 5.87. The fourth-order valence-corrected chi connectivity index (χ4v) is 2.07. The maximum atomic E-state index is 13.0. The van der Waals surface area contributed by atoms with E-state index in [0.717, 1.165) is 12.3 Å². The molecule has 19 heavy (non-hydrogen) atoms. The standard InChI is InChI=1S/C11H14ClF3N2OS/c1-10(2,3)19(18)17-9(11(13,14)15)8-5-4-7(12)6-16-8/h4-6,9,17H,1-3H3/t9-,19+/m1/s1. The molecule has 0 saturated heterocycles. The average molecular weight is 315 g/mol. The highest BCUT2D eigenvalue weighted by Crippen LogP contribution is 2.33. The predicted molar refractivity (Wildman–Crippen MR) is 69.1 cm³/mol. The van der Waals surface area contributed by atoms with Crippen LogP contribution >= 0.6 is 11.6 Å². The first-order valence-corrected chi connectivity index (χ1v) is 6.91. The molecule has 0 unspecified atom stereocenters. The van der Waals surface area contributed by atoms with Gasteiger partial charge in [-0.15, -0.1) is 4.72 Å². The summed E-state index contributed by atoms with van der Waals surface area (Å²) in [5.74, 6) is 0. The van der Waals surface area contributed by atoms with Gasteiger partial charge in [-0.05, 0) is 32.9 Å². The zero-order valence-electron chi connectivity index (χ0n) is 10.6. The fourth-order valence-electron chi connectivity index (χ4n) is 1.14. The number of hydrogen-bond acceptors (Lipinski definition) is 3. The average Bonchev–Trinajstić information content (AvgIpc) is 2.24. The van der Waals surface area contributed by atoms with Crippen LogP contribution in [0.25, 0.3) is 0 Å². The van der Waals surface area contributed by atoms with Gasteiger partial charge in [0.25, 0.3) is 0 Å². The van der Waals surface area contributed by atoms with Crippen LogP contribution in [0.4, 0.5) is 13.2 Å². The molecule has 108 valence electrons. The van der Waals surface area contributed by atoms with Crippen molar-refractivity contribution in [2.75, 3.05) is 0 Å². The third-order valence-corrected chi connectivity index (χ3v) is 3.94. The molecule has 0 aliphatic rings. The largest absolute Gasteiger partial charge is 0.598 e. The predicted octanol–water partition coefficient (Wildman–Crippen LogP) is 3.39. The van der Waals surface area contributed by atoms with Crippen LogP contribution in [0.5, 0.6) is 0 Å². The molecular formula is C11H14ClF3N2OS. The second-order valence-corrected chi connectivity index (χ2v) is 7.31. The van der Waals surface area contributed by atoms with Crippen LogP contribution in [0, 0.1) is 0 Å². The van der Waals surface area contributed by atoms with Crippen molar-refractivity contribution in [3.63, 3.8) is 0 Å². The monoisotopic (exact) mass is 314 g/mol. The Bertz CT molecular complexity index is 419. The number of hydrogen-bond donors (Lipinski definition) is 1. The minimum atomic E-state index is -4.60. The van der Waals surface area contributed by atoms with Gasteiger partial charge < -0.3 is 4.55 Å². The van der Waals surface area contributed by atoms with E-state index in [-0.39, 0.29) is 10.7 Å². The van der Waals surface area contributed by atoms with E-state index in [1.807, 2.05) is 0 Å². The summed E-state index contributed by atoms with van der Waals surface area (Å²) in [6.45, 7) is 4.75. The zero-order valence-corrected chi connectivity index (χ0v) is 12.2. The summed E-state index contributed by atoms with van der Waals surface area (Å²) >= 11 is 3.72. The van der Waals surface area contributed by atoms with Gasteiger partial charge in [0.2, 0.25) is 0 Å². The molecule has 0 bridgehead atoms. The number of aromatic nitrogens is 1.